The van der Waals surface area contributed by atoms with Gasteiger partial charge in [0.1, 0.15) is 0 Å². The molecule has 21 heavy (non-hydrogen) atoms. The summed E-state index contributed by atoms with van der Waals surface area (Å²) in [4.78, 5) is 16.0. The summed E-state index contributed by atoms with van der Waals surface area (Å²) in [5.74, 6) is 0.0556. The number of rotatable bonds is 4. The average molecular weight is 312 g/mol. The summed E-state index contributed by atoms with van der Waals surface area (Å²) in [5, 5.41) is 0. The highest BCUT2D eigenvalue weighted by Crippen LogP contribution is 2.29. The molecule has 4 nitrogen and oxygen atoms in total. The molecular formula is C16H26ClN3O. The zero-order chi connectivity index (χ0) is 14.8. The second kappa shape index (κ2) is 7.25. The third-order valence-corrected chi connectivity index (χ3v) is 4.12. The zero-order valence-corrected chi connectivity index (χ0v) is 13.9. The van der Waals surface area contributed by atoms with Gasteiger partial charge in [0.15, 0.2) is 0 Å². The molecule has 1 saturated heterocycles. The second-order valence-corrected chi connectivity index (χ2v) is 6.38. The van der Waals surface area contributed by atoms with E-state index in [0.717, 1.165) is 38.2 Å². The fourth-order valence-electron chi connectivity index (χ4n) is 2.75. The molecule has 0 radical (unpaired) electrons. The lowest BCUT2D eigenvalue weighted by atomic mass is 9.90. The Hall–Kier alpha value is -1.10. The summed E-state index contributed by atoms with van der Waals surface area (Å²) < 4.78 is 0. The first-order valence-electron chi connectivity index (χ1n) is 7.16. The van der Waals surface area contributed by atoms with Crippen molar-refractivity contribution < 1.29 is 4.79 Å². The van der Waals surface area contributed by atoms with E-state index in [9.17, 15) is 4.79 Å². The summed E-state index contributed by atoms with van der Waals surface area (Å²) in [6.07, 6.45) is 1.15. The second-order valence-electron chi connectivity index (χ2n) is 6.38. The first-order chi connectivity index (χ1) is 9.43. The molecule has 1 heterocycles. The largest absolute Gasteiger partial charge is 0.345 e. The van der Waals surface area contributed by atoms with Crippen molar-refractivity contribution in [3.05, 3.63) is 35.4 Å². The first kappa shape index (κ1) is 18.0. The number of hydrogen-bond acceptors (Lipinski definition) is 3. The summed E-state index contributed by atoms with van der Waals surface area (Å²) in [7, 11) is 3.56. The molecule has 1 unspecified atom stereocenters. The molecule has 1 atom stereocenters. The van der Waals surface area contributed by atoms with E-state index in [0.29, 0.717) is 0 Å². The Balaban J connectivity index is 0.00000220. The van der Waals surface area contributed by atoms with Gasteiger partial charge in [-0.3, -0.25) is 9.69 Å². The van der Waals surface area contributed by atoms with Crippen molar-refractivity contribution in [1.29, 1.82) is 0 Å². The van der Waals surface area contributed by atoms with Crippen LogP contribution in [0.2, 0.25) is 0 Å². The van der Waals surface area contributed by atoms with Gasteiger partial charge in [0.05, 0.1) is 0 Å². The standard InChI is InChI=1S/C16H25N3O.ClH/c1-16(11-17)7-8-19(12-16)10-13-5-4-6-14(9-13)15(20)18(2)3;/h4-6,9H,7-8,10-12,17H2,1-3H3;1H. The van der Waals surface area contributed by atoms with Crippen molar-refractivity contribution >= 4 is 18.3 Å². The number of nitrogens with two attached hydrogens (primary N) is 1. The van der Waals surface area contributed by atoms with E-state index in [1.165, 1.54) is 5.56 Å². The third kappa shape index (κ3) is 4.43. The highest BCUT2D eigenvalue weighted by molar-refractivity contribution is 5.94. The fraction of sp³-hybridized carbons (Fsp3) is 0.562. The Morgan fingerprint density at radius 3 is 2.71 bits per heavy atom. The van der Waals surface area contributed by atoms with Crippen LogP contribution in [-0.4, -0.2) is 49.4 Å². The lowest BCUT2D eigenvalue weighted by molar-refractivity contribution is 0.0827. The summed E-state index contributed by atoms with van der Waals surface area (Å²) in [5.41, 5.74) is 8.04. The maximum Gasteiger partial charge on any atom is 0.253 e. The maximum atomic E-state index is 12.0. The minimum atomic E-state index is 0. The van der Waals surface area contributed by atoms with E-state index < -0.39 is 0 Å². The maximum absolute atomic E-state index is 12.0. The van der Waals surface area contributed by atoms with E-state index in [2.05, 4.69) is 17.9 Å². The molecule has 2 rings (SSSR count). The van der Waals surface area contributed by atoms with Crippen molar-refractivity contribution in [2.75, 3.05) is 33.7 Å². The van der Waals surface area contributed by atoms with Crippen molar-refractivity contribution in [3.63, 3.8) is 0 Å². The van der Waals surface area contributed by atoms with Crippen LogP contribution in [0.15, 0.2) is 24.3 Å². The normalized spacial score (nSPS) is 21.9. The molecule has 0 aliphatic carbocycles. The van der Waals surface area contributed by atoms with Gasteiger partial charge < -0.3 is 10.6 Å². The topological polar surface area (TPSA) is 49.6 Å². The molecule has 1 amide bonds. The van der Waals surface area contributed by atoms with Gasteiger partial charge in [-0.05, 0) is 42.6 Å². The summed E-state index contributed by atoms with van der Waals surface area (Å²) in [6.45, 7) is 6.00. The molecule has 2 N–H and O–H groups in total. The number of nitrogens with zero attached hydrogens (tertiary/aromatic N) is 2. The minimum Gasteiger partial charge on any atom is -0.345 e. The predicted octanol–water partition coefficient (Wildman–Crippen LogP) is 1.98. The quantitative estimate of drug-likeness (QED) is 0.925. The molecule has 118 valence electrons. The van der Waals surface area contributed by atoms with Crippen LogP contribution in [0.25, 0.3) is 0 Å². The smallest absolute Gasteiger partial charge is 0.253 e. The van der Waals surface area contributed by atoms with Crippen LogP contribution in [-0.2, 0) is 6.54 Å². The van der Waals surface area contributed by atoms with Crippen LogP contribution in [0.1, 0.15) is 29.3 Å². The molecule has 0 bridgehead atoms. The van der Waals surface area contributed by atoms with E-state index in [1.807, 2.05) is 18.2 Å². The van der Waals surface area contributed by atoms with Crippen LogP contribution >= 0.6 is 12.4 Å². The number of halogens is 1. The highest BCUT2D eigenvalue weighted by atomic mass is 35.5. The Kier molecular flexibility index (Phi) is 6.20. The Morgan fingerprint density at radius 2 is 2.14 bits per heavy atom. The van der Waals surface area contributed by atoms with E-state index >= 15 is 0 Å². The lowest BCUT2D eigenvalue weighted by Gasteiger charge is -2.22. The van der Waals surface area contributed by atoms with Crippen molar-refractivity contribution in [2.24, 2.45) is 11.1 Å². The van der Waals surface area contributed by atoms with Gasteiger partial charge in [0.2, 0.25) is 0 Å². The van der Waals surface area contributed by atoms with Crippen LogP contribution in [0.5, 0.6) is 0 Å². The number of likely N-dealkylation sites (tertiary alicyclic amines) is 1. The van der Waals surface area contributed by atoms with Crippen LogP contribution in [0.4, 0.5) is 0 Å². The van der Waals surface area contributed by atoms with E-state index in [-0.39, 0.29) is 23.7 Å². The summed E-state index contributed by atoms with van der Waals surface area (Å²) in [6, 6.07) is 7.93. The summed E-state index contributed by atoms with van der Waals surface area (Å²) >= 11 is 0. The SMILES string of the molecule is CN(C)C(=O)c1cccc(CN2CCC(C)(CN)C2)c1.Cl. The lowest BCUT2D eigenvalue weighted by Crippen LogP contribution is -2.31. The van der Waals surface area contributed by atoms with Gasteiger partial charge in [0.25, 0.3) is 5.91 Å². The number of carbonyl (C=O) groups excluding carboxylic acids is 1. The number of hydrogen-bond donors (Lipinski definition) is 1. The molecule has 1 aliphatic heterocycles. The van der Waals surface area contributed by atoms with Crippen LogP contribution < -0.4 is 5.73 Å². The monoisotopic (exact) mass is 311 g/mol. The zero-order valence-electron chi connectivity index (χ0n) is 13.1. The van der Waals surface area contributed by atoms with Gasteiger partial charge in [-0.25, -0.2) is 0 Å². The van der Waals surface area contributed by atoms with Crippen LogP contribution in [0.3, 0.4) is 0 Å². The molecule has 5 heteroatoms. The molecule has 0 spiro atoms. The highest BCUT2D eigenvalue weighted by Gasteiger charge is 2.32. The molecule has 0 aromatic heterocycles. The molecule has 1 fully saturated rings. The molecular weight excluding hydrogens is 286 g/mol. The minimum absolute atomic E-state index is 0. The van der Waals surface area contributed by atoms with Crippen molar-refractivity contribution in [3.8, 4) is 0 Å². The number of benzene rings is 1. The van der Waals surface area contributed by atoms with Gasteiger partial charge in [-0.1, -0.05) is 19.1 Å². The third-order valence-electron chi connectivity index (χ3n) is 4.12. The fourth-order valence-corrected chi connectivity index (χ4v) is 2.75. The predicted molar refractivity (Wildman–Crippen MR) is 88.8 cm³/mol. The van der Waals surface area contributed by atoms with Crippen molar-refractivity contribution in [2.45, 2.75) is 19.9 Å². The number of carbonyl (C=O) groups is 1. The Labute approximate surface area is 133 Å². The van der Waals surface area contributed by atoms with Gasteiger partial charge >= 0.3 is 0 Å². The molecule has 1 aromatic carbocycles. The molecule has 1 aliphatic rings. The van der Waals surface area contributed by atoms with Gasteiger partial charge in [0, 0.05) is 32.7 Å². The van der Waals surface area contributed by atoms with Crippen molar-refractivity contribution in [1.82, 2.24) is 9.80 Å². The van der Waals surface area contributed by atoms with E-state index in [1.54, 1.807) is 19.0 Å². The van der Waals surface area contributed by atoms with Crippen LogP contribution in [0, 0.1) is 5.41 Å². The average Bonchev–Trinajstić information content (AvgIpc) is 2.80. The first-order valence-corrected chi connectivity index (χ1v) is 7.16. The number of amides is 1. The van der Waals surface area contributed by atoms with E-state index in [4.69, 9.17) is 5.73 Å². The molecule has 1 aromatic rings. The van der Waals surface area contributed by atoms with Gasteiger partial charge in [-0.2, -0.15) is 0 Å². The Bertz CT molecular complexity index is 492. The van der Waals surface area contributed by atoms with Gasteiger partial charge in [-0.15, -0.1) is 12.4 Å². The molecule has 0 saturated carbocycles. The Morgan fingerprint density at radius 1 is 1.43 bits per heavy atom.